The number of sulfone groups is 1. The van der Waals surface area contributed by atoms with E-state index in [0.29, 0.717) is 23.4 Å². The molecule has 1 heterocycles. The molecule has 0 aromatic heterocycles. The molecule has 2 rings (SSSR count). The van der Waals surface area contributed by atoms with Gasteiger partial charge in [-0.1, -0.05) is 0 Å². The van der Waals surface area contributed by atoms with E-state index in [1.807, 2.05) is 0 Å². The Bertz CT molecular complexity index is 598. The molecule has 104 valence electrons. The number of methoxy groups -OCH3 is 1. The fourth-order valence-electron chi connectivity index (χ4n) is 2.08. The van der Waals surface area contributed by atoms with Crippen LogP contribution in [-0.4, -0.2) is 39.0 Å². The number of hydrogen-bond donors (Lipinski definition) is 2. The Kier molecular flexibility index (Phi) is 3.66. The second kappa shape index (κ2) is 5.08. The van der Waals surface area contributed by atoms with Crippen LogP contribution in [0.2, 0.25) is 0 Å². The van der Waals surface area contributed by atoms with Gasteiger partial charge in [-0.3, -0.25) is 4.79 Å². The Morgan fingerprint density at radius 1 is 1.47 bits per heavy atom. The fraction of sp³-hybridized carbons (Fsp3) is 0.417. The maximum Gasteiger partial charge on any atom is 0.255 e. The number of nitrogens with two attached hydrogens (primary N) is 1. The van der Waals surface area contributed by atoms with Gasteiger partial charge in [0.25, 0.3) is 5.91 Å². The molecule has 7 heteroatoms. The van der Waals surface area contributed by atoms with E-state index in [1.165, 1.54) is 13.2 Å². The lowest BCUT2D eigenvalue weighted by Crippen LogP contribution is -2.35. The minimum atomic E-state index is -3.02. The van der Waals surface area contributed by atoms with Crippen molar-refractivity contribution in [3.63, 3.8) is 0 Å². The average molecular weight is 284 g/mol. The molecule has 1 aromatic carbocycles. The molecule has 0 radical (unpaired) electrons. The highest BCUT2D eigenvalue weighted by molar-refractivity contribution is 7.91. The van der Waals surface area contributed by atoms with Crippen LogP contribution in [0.15, 0.2) is 18.2 Å². The van der Waals surface area contributed by atoms with Gasteiger partial charge in [0.2, 0.25) is 0 Å². The summed E-state index contributed by atoms with van der Waals surface area (Å²) in [6.45, 7) is 0. The Morgan fingerprint density at radius 2 is 2.21 bits per heavy atom. The highest BCUT2D eigenvalue weighted by atomic mass is 32.2. The van der Waals surface area contributed by atoms with E-state index in [0.717, 1.165) is 0 Å². The molecule has 3 N–H and O–H groups in total. The second-order valence-electron chi connectivity index (χ2n) is 4.53. The van der Waals surface area contributed by atoms with Gasteiger partial charge in [-0.15, -0.1) is 0 Å². The molecule has 0 saturated carbocycles. The number of carbonyl (C=O) groups is 1. The zero-order valence-electron chi connectivity index (χ0n) is 10.5. The molecule has 1 unspecified atom stereocenters. The third-order valence-corrected chi connectivity index (χ3v) is 4.80. The van der Waals surface area contributed by atoms with E-state index in [4.69, 9.17) is 10.5 Å². The van der Waals surface area contributed by atoms with Crippen LogP contribution in [-0.2, 0) is 9.84 Å². The van der Waals surface area contributed by atoms with E-state index >= 15 is 0 Å². The van der Waals surface area contributed by atoms with E-state index < -0.39 is 9.84 Å². The van der Waals surface area contributed by atoms with Crippen molar-refractivity contribution in [2.75, 3.05) is 24.3 Å². The first-order valence-electron chi connectivity index (χ1n) is 5.86. The summed E-state index contributed by atoms with van der Waals surface area (Å²) in [5.74, 6) is 0.147. The normalized spacial score (nSPS) is 21.0. The first-order chi connectivity index (χ1) is 8.91. The van der Waals surface area contributed by atoms with Crippen molar-refractivity contribution in [2.24, 2.45) is 0 Å². The van der Waals surface area contributed by atoms with Crippen LogP contribution in [0.25, 0.3) is 0 Å². The van der Waals surface area contributed by atoms with Gasteiger partial charge < -0.3 is 15.8 Å². The first-order valence-corrected chi connectivity index (χ1v) is 7.68. The van der Waals surface area contributed by atoms with Crippen LogP contribution >= 0.6 is 0 Å². The minimum absolute atomic E-state index is 0.0105. The summed E-state index contributed by atoms with van der Waals surface area (Å²) >= 11 is 0. The summed E-state index contributed by atoms with van der Waals surface area (Å²) < 4.78 is 27.8. The standard InChI is InChI=1S/C12H16N2O4S/c1-18-11-3-2-8(13)6-10(11)12(15)14-9-4-5-19(16,17)7-9/h2-3,6,9H,4-5,7,13H2,1H3,(H,14,15). The number of carbonyl (C=O) groups excluding carboxylic acids is 1. The van der Waals surface area contributed by atoms with E-state index in [1.54, 1.807) is 12.1 Å². The quantitative estimate of drug-likeness (QED) is 0.772. The van der Waals surface area contributed by atoms with Gasteiger partial charge in [-0.25, -0.2) is 8.42 Å². The van der Waals surface area contributed by atoms with Crippen molar-refractivity contribution in [3.05, 3.63) is 23.8 Å². The molecule has 1 aromatic rings. The van der Waals surface area contributed by atoms with Crippen molar-refractivity contribution >= 4 is 21.4 Å². The number of nitrogens with one attached hydrogen (secondary N) is 1. The Balaban J connectivity index is 2.14. The molecule has 1 aliphatic rings. The molecule has 1 saturated heterocycles. The smallest absolute Gasteiger partial charge is 0.255 e. The lowest BCUT2D eigenvalue weighted by atomic mass is 10.1. The number of nitrogen functional groups attached to an aromatic ring is 1. The number of ether oxygens (including phenoxy) is 1. The zero-order valence-corrected chi connectivity index (χ0v) is 11.4. The van der Waals surface area contributed by atoms with Crippen molar-refractivity contribution < 1.29 is 17.9 Å². The van der Waals surface area contributed by atoms with Crippen molar-refractivity contribution in [1.82, 2.24) is 5.32 Å². The highest BCUT2D eigenvalue weighted by Gasteiger charge is 2.29. The van der Waals surface area contributed by atoms with Crippen LogP contribution in [0.4, 0.5) is 5.69 Å². The van der Waals surface area contributed by atoms with E-state index in [9.17, 15) is 13.2 Å². The number of hydrogen-bond acceptors (Lipinski definition) is 5. The number of benzene rings is 1. The molecule has 19 heavy (non-hydrogen) atoms. The molecule has 1 amide bonds. The summed E-state index contributed by atoms with van der Waals surface area (Å²) in [6, 6.07) is 4.41. The molecule has 0 bridgehead atoms. The number of amides is 1. The van der Waals surface area contributed by atoms with Crippen LogP contribution in [0.5, 0.6) is 5.75 Å². The van der Waals surface area contributed by atoms with Gasteiger partial charge in [-0.05, 0) is 24.6 Å². The molecule has 0 aliphatic carbocycles. The summed E-state index contributed by atoms with van der Waals surface area (Å²) in [5.41, 5.74) is 6.40. The summed E-state index contributed by atoms with van der Waals surface area (Å²) in [7, 11) is -1.56. The first kappa shape index (κ1) is 13.7. The van der Waals surface area contributed by atoms with Gasteiger partial charge in [0, 0.05) is 11.7 Å². The SMILES string of the molecule is COc1ccc(N)cc1C(=O)NC1CCS(=O)(=O)C1. The number of rotatable bonds is 3. The predicted molar refractivity (Wildman–Crippen MR) is 71.9 cm³/mol. The molecule has 1 fully saturated rings. The van der Waals surface area contributed by atoms with Crippen LogP contribution in [0.3, 0.4) is 0 Å². The lowest BCUT2D eigenvalue weighted by molar-refractivity contribution is 0.0938. The molecular weight excluding hydrogens is 268 g/mol. The molecule has 1 atom stereocenters. The maximum absolute atomic E-state index is 12.1. The molecule has 0 spiro atoms. The predicted octanol–water partition coefficient (Wildman–Crippen LogP) is 0.194. The van der Waals surface area contributed by atoms with Crippen molar-refractivity contribution in [1.29, 1.82) is 0 Å². The summed E-state index contributed by atoms with van der Waals surface area (Å²) in [4.78, 5) is 12.1. The lowest BCUT2D eigenvalue weighted by Gasteiger charge is -2.13. The van der Waals surface area contributed by atoms with Gasteiger partial charge in [0.1, 0.15) is 5.75 Å². The van der Waals surface area contributed by atoms with Crippen molar-refractivity contribution in [2.45, 2.75) is 12.5 Å². The largest absolute Gasteiger partial charge is 0.496 e. The van der Waals surface area contributed by atoms with E-state index in [-0.39, 0.29) is 23.5 Å². The average Bonchev–Trinajstić information content (AvgIpc) is 2.68. The van der Waals surface area contributed by atoms with Crippen LogP contribution in [0.1, 0.15) is 16.8 Å². The third kappa shape index (κ3) is 3.17. The Labute approximate surface area is 111 Å². The van der Waals surface area contributed by atoms with E-state index in [2.05, 4.69) is 5.32 Å². The topological polar surface area (TPSA) is 98.5 Å². The monoisotopic (exact) mass is 284 g/mol. The van der Waals surface area contributed by atoms with Gasteiger partial charge in [-0.2, -0.15) is 0 Å². The molecule has 6 nitrogen and oxygen atoms in total. The Hall–Kier alpha value is -1.76. The second-order valence-corrected chi connectivity index (χ2v) is 6.76. The maximum atomic E-state index is 12.1. The Morgan fingerprint density at radius 3 is 2.79 bits per heavy atom. The third-order valence-electron chi connectivity index (χ3n) is 3.04. The summed E-state index contributed by atoms with van der Waals surface area (Å²) in [5, 5.41) is 2.70. The minimum Gasteiger partial charge on any atom is -0.496 e. The molecule has 1 aliphatic heterocycles. The molecular formula is C12H16N2O4S. The number of anilines is 1. The van der Waals surface area contributed by atoms with Crippen LogP contribution in [0, 0.1) is 0 Å². The fourth-order valence-corrected chi connectivity index (χ4v) is 3.75. The van der Waals surface area contributed by atoms with Crippen LogP contribution < -0.4 is 15.8 Å². The van der Waals surface area contributed by atoms with Gasteiger partial charge in [0.15, 0.2) is 9.84 Å². The summed E-state index contributed by atoms with van der Waals surface area (Å²) in [6.07, 6.45) is 0.443. The highest BCUT2D eigenvalue weighted by Crippen LogP contribution is 2.21. The van der Waals surface area contributed by atoms with Crippen molar-refractivity contribution in [3.8, 4) is 5.75 Å². The zero-order chi connectivity index (χ0) is 14.0. The van der Waals surface area contributed by atoms with Gasteiger partial charge in [0.05, 0.1) is 24.2 Å². The van der Waals surface area contributed by atoms with Gasteiger partial charge >= 0.3 is 0 Å².